The van der Waals surface area contributed by atoms with Gasteiger partial charge in [-0.05, 0) is 83.8 Å². The van der Waals surface area contributed by atoms with Crippen LogP contribution < -0.4 is 14.2 Å². The molecule has 0 aliphatic carbocycles. The Morgan fingerprint density at radius 2 is 1.69 bits per heavy atom. The van der Waals surface area contributed by atoms with Crippen molar-refractivity contribution in [1.29, 1.82) is 0 Å². The average Bonchev–Trinajstić information content (AvgIpc) is 3.72. The van der Waals surface area contributed by atoms with Crippen molar-refractivity contribution in [3.8, 4) is 50.2 Å². The van der Waals surface area contributed by atoms with Crippen LogP contribution in [0.5, 0.6) is 17.4 Å². The van der Waals surface area contributed by atoms with Gasteiger partial charge in [0.25, 0.3) is 0 Å². The normalized spacial score (nSPS) is 16.0. The first-order chi connectivity index (χ1) is 32.6. The summed E-state index contributed by atoms with van der Waals surface area (Å²) in [5.74, 6) is 0.132. The van der Waals surface area contributed by atoms with Crippen LogP contribution in [-0.4, -0.2) is 118 Å². The minimum atomic E-state index is -1.39. The van der Waals surface area contributed by atoms with E-state index in [1.54, 1.807) is 25.4 Å². The summed E-state index contributed by atoms with van der Waals surface area (Å²) in [6.45, 7) is 9.61. The highest BCUT2D eigenvalue weighted by Crippen LogP contribution is 2.49. The number of nitrogens with zero attached hydrogens (tertiary/aromatic N) is 7. The third-order valence-electron chi connectivity index (χ3n) is 12.3. The zero-order chi connectivity index (χ0) is 46.4. The van der Waals surface area contributed by atoms with Gasteiger partial charge < -0.3 is 29.0 Å². The topological polar surface area (TPSA) is 136 Å². The first-order valence-corrected chi connectivity index (χ1v) is 23.4. The highest BCUT2D eigenvalue weighted by molar-refractivity contribution is 7.22. The summed E-state index contributed by atoms with van der Waals surface area (Å²) >= 11 is 8.79. The highest BCUT2D eigenvalue weighted by atomic mass is 35.5. The zero-order valence-corrected chi connectivity index (χ0v) is 39.2. The van der Waals surface area contributed by atoms with Crippen molar-refractivity contribution in [1.82, 2.24) is 34.6 Å². The zero-order valence-electron chi connectivity index (χ0n) is 37.6. The Hall–Kier alpha value is -6.07. The summed E-state index contributed by atoms with van der Waals surface area (Å²) in [5.41, 5.74) is 7.19. The Bertz CT molecular complexity index is 2880. The second kappa shape index (κ2) is 20.8. The van der Waals surface area contributed by atoms with Crippen molar-refractivity contribution < 1.29 is 33.2 Å². The van der Waals surface area contributed by atoms with Gasteiger partial charge in [-0.1, -0.05) is 60.1 Å². The number of carboxylic acid groups (broad SMARTS) is 1. The maximum Gasteiger partial charge on any atom is 0.345 e. The highest BCUT2D eigenvalue weighted by Gasteiger charge is 2.29. The fraction of sp³-hybridized carbons (Fsp3) is 0.314. The Labute approximate surface area is 397 Å². The van der Waals surface area contributed by atoms with Crippen LogP contribution in [0.2, 0.25) is 5.02 Å². The molecule has 1 atom stereocenters. The molecule has 0 amide bonds. The predicted octanol–water partition coefficient (Wildman–Crippen LogP) is 8.83. The molecule has 10 rings (SSSR count). The van der Waals surface area contributed by atoms with E-state index in [1.165, 1.54) is 29.8 Å². The molecule has 4 bridgehead atoms. The number of thiophene rings is 1. The van der Waals surface area contributed by atoms with Crippen molar-refractivity contribution in [2.45, 2.75) is 39.1 Å². The van der Waals surface area contributed by atoms with E-state index in [2.05, 4.69) is 48.8 Å². The van der Waals surface area contributed by atoms with Crippen LogP contribution in [0, 0.1) is 12.7 Å². The number of rotatable bonds is 13. The molecule has 1 fully saturated rings. The van der Waals surface area contributed by atoms with Gasteiger partial charge in [0.05, 0.1) is 17.7 Å². The van der Waals surface area contributed by atoms with E-state index in [0.29, 0.717) is 70.1 Å². The van der Waals surface area contributed by atoms with Crippen molar-refractivity contribution in [2.75, 3.05) is 66.6 Å². The van der Waals surface area contributed by atoms with Crippen LogP contribution in [-0.2, 0) is 35.6 Å². The minimum Gasteiger partial charge on any atom is -0.490 e. The Morgan fingerprint density at radius 1 is 0.881 bits per heavy atom. The fourth-order valence-electron chi connectivity index (χ4n) is 8.60. The van der Waals surface area contributed by atoms with Crippen LogP contribution in [0.3, 0.4) is 0 Å². The number of ether oxygens (including phenoxy) is 4. The summed E-state index contributed by atoms with van der Waals surface area (Å²) in [5, 5.41) is 12.1. The standard InChI is InChI=1S/C51H51ClFN7O6S/c1-32-38-14-11-35(47(32)52)29-60(23-22-59-20-18-58(2)19-21-59)28-33-8-15-41(65-30-44-54-17-16-40(57-44)39-6-4-5-7-42(39)64-25-24-63-3)36(26-33)27-43(51(61)62)66-49-46-45(38)48(67-50(46)56-31-55-49)34-9-12-37(53)13-10-34/h4-17,26,31,43H,18-25,27-30H2,1-3H3,(H,61,62)/t43-/m1/s1. The van der Waals surface area contributed by atoms with Crippen molar-refractivity contribution in [2.24, 2.45) is 0 Å². The lowest BCUT2D eigenvalue weighted by atomic mass is 9.94. The second-order valence-electron chi connectivity index (χ2n) is 16.8. The third-order valence-corrected chi connectivity index (χ3v) is 13.9. The van der Waals surface area contributed by atoms with E-state index < -0.39 is 12.1 Å². The van der Waals surface area contributed by atoms with E-state index in [9.17, 15) is 14.3 Å². The molecule has 1 N–H and O–H groups in total. The molecule has 0 radical (unpaired) electrons. The van der Waals surface area contributed by atoms with Crippen molar-refractivity contribution in [3.63, 3.8) is 0 Å². The van der Waals surface area contributed by atoms with Gasteiger partial charge in [0, 0.05) is 93.1 Å². The summed E-state index contributed by atoms with van der Waals surface area (Å²) < 4.78 is 38.5. The fourth-order valence-corrected chi connectivity index (χ4v) is 9.98. The number of piperazine rings is 1. The Kier molecular flexibility index (Phi) is 14.3. The number of aromatic nitrogens is 4. The molecule has 0 unspecified atom stereocenters. The number of benzene rings is 4. The van der Waals surface area contributed by atoms with Gasteiger partial charge in [-0.3, -0.25) is 9.80 Å². The number of halogens is 2. The van der Waals surface area contributed by atoms with Gasteiger partial charge in [0.2, 0.25) is 12.0 Å². The van der Waals surface area contributed by atoms with E-state index in [4.69, 9.17) is 35.5 Å². The first kappa shape index (κ1) is 46.1. The maximum atomic E-state index is 14.3. The number of carboxylic acids is 1. The van der Waals surface area contributed by atoms with Gasteiger partial charge in [-0.15, -0.1) is 11.3 Å². The summed E-state index contributed by atoms with van der Waals surface area (Å²) in [4.78, 5) is 40.5. The second-order valence-corrected chi connectivity index (χ2v) is 18.2. The Balaban J connectivity index is 1.11. The van der Waals surface area contributed by atoms with Gasteiger partial charge in [0.15, 0.2) is 5.82 Å². The van der Waals surface area contributed by atoms with Gasteiger partial charge >= 0.3 is 5.97 Å². The average molecular weight is 945 g/mol. The van der Waals surface area contributed by atoms with E-state index >= 15 is 0 Å². The summed E-state index contributed by atoms with van der Waals surface area (Å²) in [6.07, 6.45) is 1.61. The number of hydrogen-bond donors (Lipinski definition) is 1. The first-order valence-electron chi connectivity index (χ1n) is 22.2. The van der Waals surface area contributed by atoms with Crippen LogP contribution in [0.1, 0.15) is 28.1 Å². The number of hydrogen-bond acceptors (Lipinski definition) is 13. The number of fused-ring (bicyclic) bond motifs is 6. The SMILES string of the molecule is COCCOc1ccccc1-c1ccnc(COc2ccc3cc2C[C@H](C(=O)O)Oc2ncnc4sc(-c5ccc(F)cc5)c(c24)-c2ccc(c(Cl)c2C)CN(CCN2CCN(C)CC2)C3)n1. The van der Waals surface area contributed by atoms with Gasteiger partial charge in [0.1, 0.15) is 41.7 Å². The van der Waals surface area contributed by atoms with Crippen LogP contribution in [0.15, 0.2) is 97.5 Å². The monoisotopic (exact) mass is 943 g/mol. The molecule has 16 heteroatoms. The number of carbonyl (C=O) groups is 1. The quantitative estimate of drug-likeness (QED) is 0.111. The van der Waals surface area contributed by atoms with E-state index in [-0.39, 0.29) is 24.7 Å². The minimum absolute atomic E-state index is 0.00698. The molecule has 7 aromatic rings. The lowest BCUT2D eigenvalue weighted by Crippen LogP contribution is -2.46. The predicted molar refractivity (Wildman–Crippen MR) is 257 cm³/mol. The lowest BCUT2D eigenvalue weighted by molar-refractivity contribution is -0.145. The lowest BCUT2D eigenvalue weighted by Gasteiger charge is -2.34. The molecule has 6 heterocycles. The van der Waals surface area contributed by atoms with E-state index in [1.807, 2.05) is 55.5 Å². The molecule has 0 saturated carbocycles. The molecule has 346 valence electrons. The molecule has 3 aromatic heterocycles. The van der Waals surface area contributed by atoms with Crippen LogP contribution in [0.4, 0.5) is 4.39 Å². The van der Waals surface area contributed by atoms with Gasteiger partial charge in [-0.25, -0.2) is 29.1 Å². The molecule has 0 spiro atoms. The van der Waals surface area contributed by atoms with Crippen molar-refractivity contribution in [3.05, 3.63) is 136 Å². The number of methoxy groups -OCH3 is 1. The van der Waals surface area contributed by atoms with Crippen LogP contribution >= 0.6 is 22.9 Å². The van der Waals surface area contributed by atoms with Gasteiger partial charge in [-0.2, -0.15) is 0 Å². The molecule has 3 aliphatic heterocycles. The molecule has 4 aromatic carbocycles. The summed E-state index contributed by atoms with van der Waals surface area (Å²) in [7, 11) is 3.78. The molecule has 1 saturated heterocycles. The molecule has 67 heavy (non-hydrogen) atoms. The molecular formula is C51H51ClFN7O6S. The third kappa shape index (κ3) is 10.6. The molecule has 3 aliphatic rings. The largest absolute Gasteiger partial charge is 0.490 e. The number of aliphatic carboxylic acids is 1. The number of likely N-dealkylation sites (N-methyl/N-ethyl adjacent to an activating group) is 1. The van der Waals surface area contributed by atoms with E-state index in [0.717, 1.165) is 83.1 Å². The van der Waals surface area contributed by atoms with Crippen LogP contribution in [0.25, 0.3) is 43.0 Å². The van der Waals surface area contributed by atoms with Crippen molar-refractivity contribution >= 4 is 39.1 Å². The number of para-hydroxylation sites is 1. The molecular weight excluding hydrogens is 893 g/mol. The maximum absolute atomic E-state index is 14.3. The Morgan fingerprint density at radius 3 is 2.49 bits per heavy atom. The molecule has 13 nitrogen and oxygen atoms in total. The smallest absolute Gasteiger partial charge is 0.345 e. The summed E-state index contributed by atoms with van der Waals surface area (Å²) in [6, 6.07) is 25.8.